The fraction of sp³-hybridized carbons (Fsp3) is 0.294. The Morgan fingerprint density at radius 1 is 1.50 bits per heavy atom. The third-order valence-corrected chi connectivity index (χ3v) is 4.56. The van der Waals surface area contributed by atoms with Crippen LogP contribution in [0, 0.1) is 17.1 Å². The van der Waals surface area contributed by atoms with Gasteiger partial charge in [0.1, 0.15) is 17.5 Å². The highest BCUT2D eigenvalue weighted by molar-refractivity contribution is 9.10. The average molecular weight is 391 g/mol. The van der Waals surface area contributed by atoms with Crippen molar-refractivity contribution < 1.29 is 9.13 Å². The topological polar surface area (TPSA) is 87.7 Å². The first-order valence-corrected chi connectivity index (χ1v) is 8.45. The standard InChI is InChI=1S/C17H16BrFN4O/c1-2-3-4-13-15-14(10-6-5-9(18)7-12(10)19)11(8-20)16(21)24-17(15)23-22-13/h5-7,14H,2-4,21H2,1H3,(H,22,23)/t14-/m1/s1. The Hall–Kier alpha value is -2.33. The molecule has 0 bridgehead atoms. The molecule has 0 saturated carbocycles. The zero-order valence-corrected chi connectivity index (χ0v) is 14.7. The van der Waals surface area contributed by atoms with Crippen LogP contribution < -0.4 is 10.5 Å². The monoisotopic (exact) mass is 390 g/mol. The van der Waals surface area contributed by atoms with Gasteiger partial charge in [-0.2, -0.15) is 5.26 Å². The minimum Gasteiger partial charge on any atom is -0.420 e. The van der Waals surface area contributed by atoms with Gasteiger partial charge in [-0.05, 0) is 25.0 Å². The summed E-state index contributed by atoms with van der Waals surface area (Å²) in [5.74, 6) is -0.765. The molecule has 1 aromatic heterocycles. The molecule has 24 heavy (non-hydrogen) atoms. The first-order valence-electron chi connectivity index (χ1n) is 7.66. The number of halogens is 2. The highest BCUT2D eigenvalue weighted by Crippen LogP contribution is 2.44. The molecule has 0 radical (unpaired) electrons. The number of benzene rings is 1. The van der Waals surface area contributed by atoms with Crippen LogP contribution in [0.1, 0.15) is 42.5 Å². The van der Waals surface area contributed by atoms with Crippen molar-refractivity contribution in [2.75, 3.05) is 0 Å². The number of aryl methyl sites for hydroxylation is 1. The maximum absolute atomic E-state index is 14.6. The Kier molecular flexibility index (Phi) is 4.58. The number of aromatic nitrogens is 2. The van der Waals surface area contributed by atoms with Crippen LogP contribution in [0.2, 0.25) is 0 Å². The van der Waals surface area contributed by atoms with Gasteiger partial charge in [-0.25, -0.2) is 4.39 Å². The largest absolute Gasteiger partial charge is 0.420 e. The Morgan fingerprint density at radius 2 is 2.29 bits per heavy atom. The number of unbranched alkanes of at least 4 members (excludes halogenated alkanes) is 1. The van der Waals surface area contributed by atoms with Crippen LogP contribution in [-0.4, -0.2) is 10.2 Å². The van der Waals surface area contributed by atoms with Crippen molar-refractivity contribution in [2.24, 2.45) is 5.73 Å². The Balaban J connectivity index is 2.19. The number of H-pyrrole nitrogens is 1. The molecule has 1 aromatic carbocycles. The molecule has 1 aliphatic rings. The third kappa shape index (κ3) is 2.78. The van der Waals surface area contributed by atoms with Gasteiger partial charge in [-0.3, -0.25) is 5.10 Å². The quantitative estimate of drug-likeness (QED) is 0.828. The summed E-state index contributed by atoms with van der Waals surface area (Å²) in [6.45, 7) is 2.09. The van der Waals surface area contributed by atoms with Crippen molar-refractivity contribution in [3.05, 3.63) is 56.8 Å². The number of hydrogen-bond donors (Lipinski definition) is 2. The van der Waals surface area contributed by atoms with Gasteiger partial charge in [0, 0.05) is 15.7 Å². The molecule has 3 N–H and O–H groups in total. The summed E-state index contributed by atoms with van der Waals surface area (Å²) < 4.78 is 20.7. The number of nitriles is 1. The van der Waals surface area contributed by atoms with E-state index in [0.717, 1.165) is 25.0 Å². The maximum atomic E-state index is 14.6. The second kappa shape index (κ2) is 6.65. The van der Waals surface area contributed by atoms with Crippen LogP contribution in [0.15, 0.2) is 34.1 Å². The van der Waals surface area contributed by atoms with Crippen LogP contribution >= 0.6 is 15.9 Å². The molecule has 7 heteroatoms. The third-order valence-electron chi connectivity index (χ3n) is 4.07. The number of allylic oxidation sites excluding steroid dienone is 1. The lowest BCUT2D eigenvalue weighted by atomic mass is 9.83. The van der Waals surface area contributed by atoms with Crippen molar-refractivity contribution in [3.63, 3.8) is 0 Å². The van der Waals surface area contributed by atoms with Crippen LogP contribution in [-0.2, 0) is 6.42 Å². The fourth-order valence-electron chi connectivity index (χ4n) is 2.90. The van der Waals surface area contributed by atoms with Crippen LogP contribution in [0.25, 0.3) is 0 Å². The molecule has 2 aromatic rings. The van der Waals surface area contributed by atoms with Crippen molar-refractivity contribution in [1.82, 2.24) is 10.2 Å². The van der Waals surface area contributed by atoms with Gasteiger partial charge in [-0.1, -0.05) is 35.3 Å². The van der Waals surface area contributed by atoms with E-state index < -0.39 is 11.7 Å². The predicted molar refractivity (Wildman–Crippen MR) is 90.6 cm³/mol. The number of hydrogen-bond acceptors (Lipinski definition) is 4. The lowest BCUT2D eigenvalue weighted by Gasteiger charge is -2.24. The Labute approximate surface area is 147 Å². The Bertz CT molecular complexity index is 853. The summed E-state index contributed by atoms with van der Waals surface area (Å²) in [5, 5.41) is 16.6. The first-order chi connectivity index (χ1) is 11.6. The van der Waals surface area contributed by atoms with E-state index in [1.807, 2.05) is 0 Å². The number of aromatic amines is 1. The van der Waals surface area contributed by atoms with Gasteiger partial charge in [-0.15, -0.1) is 5.10 Å². The van der Waals surface area contributed by atoms with Crippen LogP contribution in [0.5, 0.6) is 5.88 Å². The molecule has 124 valence electrons. The van der Waals surface area contributed by atoms with Crippen molar-refractivity contribution in [2.45, 2.75) is 32.1 Å². The van der Waals surface area contributed by atoms with Crippen molar-refractivity contribution >= 4 is 15.9 Å². The van der Waals surface area contributed by atoms with Crippen molar-refractivity contribution in [3.8, 4) is 11.9 Å². The van der Waals surface area contributed by atoms with Crippen molar-refractivity contribution in [1.29, 1.82) is 5.26 Å². The highest BCUT2D eigenvalue weighted by Gasteiger charge is 2.36. The molecule has 5 nitrogen and oxygen atoms in total. The second-order valence-corrected chi connectivity index (χ2v) is 6.53. The molecule has 0 amide bonds. The van der Waals surface area contributed by atoms with E-state index in [1.165, 1.54) is 6.07 Å². The number of nitrogens with two attached hydrogens (primary N) is 1. The molecular weight excluding hydrogens is 375 g/mol. The summed E-state index contributed by atoms with van der Waals surface area (Å²) in [6.07, 6.45) is 2.70. The number of ether oxygens (including phenoxy) is 1. The summed E-state index contributed by atoms with van der Waals surface area (Å²) in [7, 11) is 0. The molecule has 0 unspecified atom stereocenters. The van der Waals surface area contributed by atoms with Crippen LogP contribution in [0.3, 0.4) is 0 Å². The van der Waals surface area contributed by atoms with Crippen LogP contribution in [0.4, 0.5) is 4.39 Å². The summed E-state index contributed by atoms with van der Waals surface area (Å²) in [5.41, 5.74) is 7.98. The SMILES string of the molecule is CCCCc1[nH]nc2c1[C@H](c1ccc(Br)cc1F)C(C#N)=C(N)O2. The van der Waals surface area contributed by atoms with Gasteiger partial charge in [0.05, 0.1) is 11.5 Å². The minimum absolute atomic E-state index is 0.0362. The predicted octanol–water partition coefficient (Wildman–Crippen LogP) is 3.87. The maximum Gasteiger partial charge on any atom is 0.244 e. The Morgan fingerprint density at radius 3 is 2.96 bits per heavy atom. The molecule has 0 fully saturated rings. The molecule has 0 spiro atoms. The second-order valence-electron chi connectivity index (χ2n) is 5.62. The zero-order valence-electron chi connectivity index (χ0n) is 13.1. The zero-order chi connectivity index (χ0) is 17.3. The van der Waals surface area contributed by atoms with E-state index in [4.69, 9.17) is 10.5 Å². The molecular formula is C17H16BrFN4O. The number of rotatable bonds is 4. The van der Waals surface area contributed by atoms with E-state index in [9.17, 15) is 9.65 Å². The lowest BCUT2D eigenvalue weighted by molar-refractivity contribution is 0.377. The van der Waals surface area contributed by atoms with E-state index in [-0.39, 0.29) is 11.5 Å². The fourth-order valence-corrected chi connectivity index (χ4v) is 3.23. The summed E-state index contributed by atoms with van der Waals surface area (Å²) >= 11 is 3.25. The van der Waals surface area contributed by atoms with E-state index in [2.05, 4.69) is 39.1 Å². The summed E-state index contributed by atoms with van der Waals surface area (Å²) in [6, 6.07) is 6.84. The van der Waals surface area contributed by atoms with E-state index in [0.29, 0.717) is 21.5 Å². The van der Waals surface area contributed by atoms with Gasteiger partial charge >= 0.3 is 0 Å². The van der Waals surface area contributed by atoms with E-state index >= 15 is 0 Å². The van der Waals surface area contributed by atoms with Gasteiger partial charge < -0.3 is 10.5 Å². The normalized spacial score (nSPS) is 16.5. The molecule has 1 atom stereocenters. The highest BCUT2D eigenvalue weighted by atomic mass is 79.9. The average Bonchev–Trinajstić information content (AvgIpc) is 2.94. The molecule has 0 saturated heterocycles. The minimum atomic E-state index is -0.627. The van der Waals surface area contributed by atoms with Gasteiger partial charge in [0.2, 0.25) is 11.8 Å². The number of nitrogens with zero attached hydrogens (tertiary/aromatic N) is 2. The van der Waals surface area contributed by atoms with Gasteiger partial charge in [0.15, 0.2) is 0 Å². The molecule has 2 heterocycles. The van der Waals surface area contributed by atoms with E-state index in [1.54, 1.807) is 12.1 Å². The van der Waals surface area contributed by atoms with Gasteiger partial charge in [0.25, 0.3) is 0 Å². The summed E-state index contributed by atoms with van der Waals surface area (Å²) in [4.78, 5) is 0. The molecule has 1 aliphatic heterocycles. The number of nitrogens with one attached hydrogen (secondary N) is 1. The molecule has 0 aliphatic carbocycles. The smallest absolute Gasteiger partial charge is 0.244 e. The first kappa shape index (κ1) is 16.5. The number of fused-ring (bicyclic) bond motifs is 1. The molecule has 3 rings (SSSR count). The lowest BCUT2D eigenvalue weighted by Crippen LogP contribution is -2.22.